The van der Waals surface area contributed by atoms with Gasteiger partial charge in [0.1, 0.15) is 12.1 Å². The number of carbonyl (C=O) groups excluding carboxylic acids is 3. The number of rotatable bonds is 15. The summed E-state index contributed by atoms with van der Waals surface area (Å²) in [5.41, 5.74) is 6.11. The van der Waals surface area contributed by atoms with Crippen molar-refractivity contribution >= 4 is 72.7 Å². The highest BCUT2D eigenvalue weighted by Gasteiger charge is 2.53. The summed E-state index contributed by atoms with van der Waals surface area (Å²) in [6.45, 7) is 13.1. The molecule has 3 amide bonds. The number of piperidine rings is 1. The Balaban J connectivity index is 0.834. The smallest absolute Gasteiger partial charge is 0.283 e. The standard InChI is InChI=1S/C52H62BrFN8O5S/c1-6-60-41-27-35(18-19-39(41)62-40-13-10-11-37(53)43(40)47(65)58-50(60)62)32-20-25-59(26-21-32)24-9-7-8-12-38(33-14-16-34(17-15-33)44-31(2)55-30-68-44)56-46(64)42-28-36(63)29-61(42)48(66)45(51(3,4)5)57-49(67)52(54)22-23-52/h10-11,13-19,27,30,32,36,38,42,45,63H,6-9,12,20-26,28-29H2,1-5H3,(H,56,64)(H,57,67)/t36-,38+,42+,45-/m1/s1. The minimum Gasteiger partial charge on any atom is -0.391 e. The van der Waals surface area contributed by atoms with Gasteiger partial charge in [0, 0.05) is 24.0 Å². The predicted octanol–water partition coefficient (Wildman–Crippen LogP) is 8.61. The lowest BCUT2D eigenvalue weighted by atomic mass is 9.85. The molecule has 3 aromatic heterocycles. The van der Waals surface area contributed by atoms with Crippen molar-refractivity contribution in [1.29, 1.82) is 0 Å². The first-order valence-electron chi connectivity index (χ1n) is 24.2. The van der Waals surface area contributed by atoms with Crippen molar-refractivity contribution in [2.45, 2.75) is 135 Å². The fourth-order valence-corrected chi connectivity index (χ4v) is 11.7. The number of alkyl halides is 1. The van der Waals surface area contributed by atoms with Gasteiger partial charge in [-0.1, -0.05) is 70.0 Å². The predicted molar refractivity (Wildman–Crippen MR) is 268 cm³/mol. The number of hydrogen-bond donors (Lipinski definition) is 3. The number of unbranched alkanes of at least 4 members (excludes halogenated alkanes) is 2. The highest BCUT2D eigenvalue weighted by molar-refractivity contribution is 9.10. The molecular formula is C52H62BrFN8O5S. The largest absolute Gasteiger partial charge is 0.391 e. The quantitative estimate of drug-likeness (QED) is 0.0865. The molecule has 0 bridgehead atoms. The molecule has 1 saturated carbocycles. The lowest BCUT2D eigenvalue weighted by molar-refractivity contribution is -0.145. The molecule has 16 heteroatoms. The first kappa shape index (κ1) is 48.0. The van der Waals surface area contributed by atoms with Crippen LogP contribution < -0.4 is 16.2 Å². The summed E-state index contributed by atoms with van der Waals surface area (Å²) in [6, 6.07) is 18.4. The molecule has 3 N–H and O–H groups in total. The monoisotopic (exact) mass is 1010 g/mol. The van der Waals surface area contributed by atoms with Gasteiger partial charge in [-0.15, -0.1) is 11.3 Å². The van der Waals surface area contributed by atoms with Crippen molar-refractivity contribution < 1.29 is 23.9 Å². The Labute approximate surface area is 408 Å². The first-order chi connectivity index (χ1) is 32.5. The van der Waals surface area contributed by atoms with Crippen LogP contribution in [0, 0.1) is 12.3 Å². The summed E-state index contributed by atoms with van der Waals surface area (Å²) >= 11 is 5.15. The summed E-state index contributed by atoms with van der Waals surface area (Å²) in [5.74, 6) is -0.579. The normalized spacial score (nSPS) is 19.7. The van der Waals surface area contributed by atoms with Gasteiger partial charge in [-0.2, -0.15) is 4.98 Å². The fraction of sp³-hybridized carbons (Fsp3) is 0.500. The van der Waals surface area contributed by atoms with E-state index >= 15 is 0 Å². The van der Waals surface area contributed by atoms with E-state index in [1.54, 1.807) is 32.1 Å². The van der Waals surface area contributed by atoms with E-state index in [0.717, 1.165) is 94.5 Å². The number of nitrogens with zero attached hydrogens (tertiary/aromatic N) is 6. The fourth-order valence-electron chi connectivity index (χ4n) is 10.4. The first-order valence-corrected chi connectivity index (χ1v) is 25.9. The van der Waals surface area contributed by atoms with Crippen LogP contribution in [0.3, 0.4) is 0 Å². The third-order valence-corrected chi connectivity index (χ3v) is 16.1. The molecule has 1 aliphatic carbocycles. The van der Waals surface area contributed by atoms with Gasteiger partial charge in [0.2, 0.25) is 17.6 Å². The molecule has 4 atom stereocenters. The van der Waals surface area contributed by atoms with E-state index in [0.29, 0.717) is 30.0 Å². The number of aliphatic hydroxyl groups is 1. The number of carbonyl (C=O) groups is 3. The van der Waals surface area contributed by atoms with Crippen molar-refractivity contribution in [3.05, 3.63) is 97.8 Å². The molecule has 2 aliphatic heterocycles. The van der Waals surface area contributed by atoms with Crippen LogP contribution in [0.2, 0.25) is 0 Å². The van der Waals surface area contributed by atoms with Crippen molar-refractivity contribution in [2.24, 2.45) is 5.41 Å². The summed E-state index contributed by atoms with van der Waals surface area (Å²) in [4.78, 5) is 68.4. The third kappa shape index (κ3) is 9.62. The molecule has 6 aromatic rings. The zero-order valence-corrected chi connectivity index (χ0v) is 42.0. The van der Waals surface area contributed by atoms with Crippen molar-refractivity contribution in [3.63, 3.8) is 0 Å². The van der Waals surface area contributed by atoms with E-state index in [1.165, 1.54) is 10.5 Å². The molecule has 3 aromatic carbocycles. The van der Waals surface area contributed by atoms with Crippen LogP contribution >= 0.6 is 27.3 Å². The second-order valence-electron chi connectivity index (χ2n) is 20.2. The molecule has 0 radical (unpaired) electrons. The van der Waals surface area contributed by atoms with Gasteiger partial charge in [-0.05, 0) is 140 Å². The number of thiazole rings is 1. The molecule has 360 valence electrons. The number of β-amino-alcohol motifs (C(OH)–C–C–N with tert-alkyl or cyclic N) is 1. The molecule has 68 heavy (non-hydrogen) atoms. The van der Waals surface area contributed by atoms with Gasteiger partial charge < -0.3 is 30.1 Å². The number of aryl methyl sites for hydroxylation is 2. The van der Waals surface area contributed by atoms with E-state index in [4.69, 9.17) is 0 Å². The Morgan fingerprint density at radius 1 is 0.985 bits per heavy atom. The molecule has 3 aliphatic rings. The highest BCUT2D eigenvalue weighted by atomic mass is 79.9. The Hall–Kier alpha value is -5.03. The molecule has 0 spiro atoms. The van der Waals surface area contributed by atoms with Gasteiger partial charge in [0.05, 0.1) is 50.2 Å². The number of nitrogens with one attached hydrogen (secondary N) is 2. The second kappa shape index (κ2) is 19.4. The summed E-state index contributed by atoms with van der Waals surface area (Å²) in [6.07, 6.45) is 5.05. The topological polar surface area (TPSA) is 154 Å². The van der Waals surface area contributed by atoms with Gasteiger partial charge in [0.25, 0.3) is 11.5 Å². The number of amides is 3. The van der Waals surface area contributed by atoms with Crippen molar-refractivity contribution in [1.82, 2.24) is 39.4 Å². The molecule has 2 saturated heterocycles. The summed E-state index contributed by atoms with van der Waals surface area (Å²) in [5, 5.41) is 17.3. The van der Waals surface area contributed by atoms with E-state index in [9.17, 15) is 28.7 Å². The number of fused-ring (bicyclic) bond motifs is 5. The highest BCUT2D eigenvalue weighted by Crippen LogP contribution is 2.41. The lowest BCUT2D eigenvalue weighted by Crippen LogP contribution is -2.59. The number of likely N-dealkylation sites (tertiary alicyclic amines) is 2. The molecule has 13 nitrogen and oxygen atoms in total. The maximum atomic E-state index is 14.8. The second-order valence-corrected chi connectivity index (χ2v) is 21.9. The Morgan fingerprint density at radius 2 is 1.74 bits per heavy atom. The van der Waals surface area contributed by atoms with Crippen LogP contribution in [0.5, 0.6) is 0 Å². The van der Waals surface area contributed by atoms with Crippen LogP contribution in [0.1, 0.15) is 114 Å². The lowest BCUT2D eigenvalue weighted by Gasteiger charge is -2.36. The summed E-state index contributed by atoms with van der Waals surface area (Å²) < 4.78 is 19.8. The zero-order chi connectivity index (χ0) is 48.1. The van der Waals surface area contributed by atoms with Gasteiger partial charge in [-0.3, -0.25) is 23.6 Å². The number of benzene rings is 3. The number of aromatic nitrogens is 4. The minimum atomic E-state index is -1.96. The average molecular weight is 1010 g/mol. The third-order valence-electron chi connectivity index (χ3n) is 14.4. The molecule has 0 unspecified atom stereocenters. The van der Waals surface area contributed by atoms with Crippen LogP contribution in [0.4, 0.5) is 4.39 Å². The minimum absolute atomic E-state index is 0.0539. The van der Waals surface area contributed by atoms with Gasteiger partial charge in [-0.25, -0.2) is 9.37 Å². The number of hydrogen-bond acceptors (Lipinski definition) is 9. The average Bonchev–Trinajstić information content (AvgIpc) is 3.57. The Bertz CT molecular complexity index is 2910. The van der Waals surface area contributed by atoms with Crippen LogP contribution in [-0.2, 0) is 20.9 Å². The SMILES string of the molecule is CCn1c2cc(C3CCN(CCCCC[C@H](NC(=O)[C@@H]4C[C@@H](O)CN4C(=O)[C@@H](NC(=O)C4(F)CC4)C(C)(C)C)c4ccc(-c5scnc5C)cc4)CC3)ccc2n2c3cccc(Br)c3c(=O)nc12. The van der Waals surface area contributed by atoms with Crippen molar-refractivity contribution in [2.75, 3.05) is 26.2 Å². The van der Waals surface area contributed by atoms with Crippen LogP contribution in [0.25, 0.3) is 38.2 Å². The maximum absolute atomic E-state index is 14.8. The molecule has 3 fully saturated rings. The molecule has 5 heterocycles. The van der Waals surface area contributed by atoms with Crippen molar-refractivity contribution in [3.8, 4) is 10.4 Å². The van der Waals surface area contributed by atoms with E-state index in [-0.39, 0.29) is 43.3 Å². The Kier molecular flexibility index (Phi) is 13.7. The summed E-state index contributed by atoms with van der Waals surface area (Å²) in [7, 11) is 0. The number of aliphatic hydroxyl groups excluding tert-OH is 1. The number of halogens is 2. The Morgan fingerprint density at radius 3 is 2.41 bits per heavy atom. The van der Waals surface area contributed by atoms with Gasteiger partial charge in [0.15, 0.2) is 5.67 Å². The molecular weight excluding hydrogens is 948 g/mol. The van der Waals surface area contributed by atoms with Gasteiger partial charge >= 0.3 is 0 Å². The van der Waals surface area contributed by atoms with Crippen LogP contribution in [0.15, 0.2) is 75.4 Å². The van der Waals surface area contributed by atoms with E-state index < -0.39 is 41.1 Å². The number of imidazole rings is 1. The van der Waals surface area contributed by atoms with E-state index in [2.05, 4.69) is 87.7 Å². The van der Waals surface area contributed by atoms with Crippen LogP contribution in [-0.4, -0.2) is 102 Å². The maximum Gasteiger partial charge on any atom is 0.283 e. The zero-order valence-electron chi connectivity index (χ0n) is 39.6. The van der Waals surface area contributed by atoms with E-state index in [1.807, 2.05) is 42.8 Å². The molecule has 9 rings (SSSR count).